The molecule has 0 atom stereocenters. The van der Waals surface area contributed by atoms with Crippen molar-refractivity contribution in [1.29, 1.82) is 0 Å². The van der Waals surface area contributed by atoms with Crippen molar-refractivity contribution in [3.8, 4) is 5.75 Å². The fourth-order valence-corrected chi connectivity index (χ4v) is 2.97. The Morgan fingerprint density at radius 1 is 1.53 bits per heavy atom. The number of hydrogen-bond acceptors (Lipinski definition) is 4. The number of nitrogens with one attached hydrogen (secondary N) is 1. The predicted molar refractivity (Wildman–Crippen MR) is 80.2 cm³/mol. The van der Waals surface area contributed by atoms with Crippen molar-refractivity contribution in [1.82, 2.24) is 4.98 Å². The van der Waals surface area contributed by atoms with Gasteiger partial charge in [-0.1, -0.05) is 11.6 Å². The van der Waals surface area contributed by atoms with Gasteiger partial charge in [-0.3, -0.25) is 0 Å². The highest BCUT2D eigenvalue weighted by Crippen LogP contribution is 2.27. The Morgan fingerprint density at radius 2 is 2.35 bits per heavy atom. The molecule has 0 aliphatic heterocycles. The molecule has 2 aromatic rings. The van der Waals surface area contributed by atoms with Gasteiger partial charge in [0.25, 0.3) is 0 Å². The van der Waals surface area contributed by atoms with Gasteiger partial charge in [-0.05, 0) is 34.7 Å². The summed E-state index contributed by atoms with van der Waals surface area (Å²) in [5.74, 6) is 0.783. The molecule has 0 aliphatic rings. The van der Waals surface area contributed by atoms with E-state index in [0.717, 1.165) is 16.4 Å². The minimum absolute atomic E-state index is 0.667. The van der Waals surface area contributed by atoms with Crippen molar-refractivity contribution in [3.05, 3.63) is 37.3 Å². The molecule has 90 valence electrons. The third-order valence-corrected chi connectivity index (χ3v) is 4.18. The van der Waals surface area contributed by atoms with E-state index in [0.29, 0.717) is 11.6 Å². The van der Waals surface area contributed by atoms with Crippen molar-refractivity contribution < 1.29 is 4.74 Å². The molecule has 0 aliphatic carbocycles. The first-order chi connectivity index (χ1) is 8.19. The Labute approximate surface area is 122 Å². The van der Waals surface area contributed by atoms with Crippen LogP contribution in [-0.4, -0.2) is 12.1 Å². The zero-order valence-corrected chi connectivity index (χ0v) is 12.8. The van der Waals surface area contributed by atoms with Crippen LogP contribution in [-0.2, 0) is 6.54 Å². The van der Waals surface area contributed by atoms with E-state index in [4.69, 9.17) is 16.3 Å². The van der Waals surface area contributed by atoms with Gasteiger partial charge < -0.3 is 10.1 Å². The summed E-state index contributed by atoms with van der Waals surface area (Å²) in [6.07, 6.45) is 1.86. The minimum Gasteiger partial charge on any atom is -0.497 e. The molecule has 6 heteroatoms. The van der Waals surface area contributed by atoms with Crippen LogP contribution in [0.15, 0.2) is 24.4 Å². The van der Waals surface area contributed by atoms with Gasteiger partial charge in [-0.15, -0.1) is 11.3 Å². The second-order valence-corrected chi connectivity index (χ2v) is 6.67. The second kappa shape index (κ2) is 5.88. The highest BCUT2D eigenvalue weighted by Gasteiger charge is 2.04. The minimum atomic E-state index is 0.667. The quantitative estimate of drug-likeness (QED) is 0.814. The first kappa shape index (κ1) is 12.9. The van der Waals surface area contributed by atoms with Gasteiger partial charge in [0.15, 0.2) is 0 Å². The van der Waals surface area contributed by atoms with Crippen LogP contribution in [0.4, 0.5) is 5.69 Å². The lowest BCUT2D eigenvalue weighted by Gasteiger charge is -2.08. The summed E-state index contributed by atoms with van der Waals surface area (Å²) >= 11 is 10.0. The molecule has 0 spiro atoms. The second-order valence-electron chi connectivity index (χ2n) is 3.26. The van der Waals surface area contributed by atoms with Crippen LogP contribution in [0.3, 0.4) is 0 Å². The molecule has 1 aromatic carbocycles. The molecule has 3 nitrogen and oxygen atoms in total. The van der Waals surface area contributed by atoms with E-state index in [-0.39, 0.29) is 0 Å². The molecule has 1 aromatic heterocycles. The number of nitrogens with zero attached hydrogens (tertiary/aromatic N) is 1. The number of anilines is 1. The van der Waals surface area contributed by atoms with Gasteiger partial charge in [0.2, 0.25) is 0 Å². The van der Waals surface area contributed by atoms with Crippen molar-refractivity contribution in [3.63, 3.8) is 0 Å². The van der Waals surface area contributed by atoms with E-state index >= 15 is 0 Å². The number of hydrogen-bond donors (Lipinski definition) is 1. The molecule has 0 unspecified atom stereocenters. The molecule has 0 bridgehead atoms. The summed E-state index contributed by atoms with van der Waals surface area (Å²) in [4.78, 5) is 4.28. The number of thiazole rings is 1. The molecule has 1 N–H and O–H groups in total. The first-order valence-electron chi connectivity index (χ1n) is 4.86. The third-order valence-electron chi connectivity index (χ3n) is 2.13. The lowest BCUT2D eigenvalue weighted by Crippen LogP contribution is -1.99. The Hall–Kier alpha value is -0.530. The van der Waals surface area contributed by atoms with Crippen LogP contribution < -0.4 is 10.1 Å². The summed E-state index contributed by atoms with van der Waals surface area (Å²) in [7, 11) is 1.64. The summed E-state index contributed by atoms with van der Waals surface area (Å²) in [5, 5.41) is 4.96. The van der Waals surface area contributed by atoms with Crippen molar-refractivity contribution in [2.24, 2.45) is 0 Å². The fraction of sp³-hybridized carbons (Fsp3) is 0.182. The predicted octanol–water partition coefficient (Wildman–Crippen LogP) is 4.02. The van der Waals surface area contributed by atoms with E-state index in [1.165, 1.54) is 2.88 Å². The number of benzene rings is 1. The van der Waals surface area contributed by atoms with E-state index < -0.39 is 0 Å². The van der Waals surface area contributed by atoms with Crippen LogP contribution in [0, 0.1) is 2.88 Å². The number of methoxy groups -OCH3 is 1. The average molecular weight is 381 g/mol. The number of aromatic nitrogens is 1. The Balaban J connectivity index is 2.07. The van der Waals surface area contributed by atoms with Crippen molar-refractivity contribution in [2.75, 3.05) is 12.4 Å². The fourth-order valence-electron chi connectivity index (χ4n) is 1.31. The van der Waals surface area contributed by atoms with Crippen LogP contribution in [0.1, 0.15) is 5.01 Å². The standard InChI is InChI=1S/C11H10ClIN2OS/c1-16-7-2-3-8(12)9(4-7)14-6-11-15-5-10(13)17-11/h2-5,14H,6H2,1H3. The molecule has 0 fully saturated rings. The zero-order valence-electron chi connectivity index (χ0n) is 9.04. The van der Waals surface area contributed by atoms with E-state index in [1.54, 1.807) is 18.4 Å². The molecule has 2 rings (SSSR count). The van der Waals surface area contributed by atoms with Gasteiger partial charge in [0, 0.05) is 6.07 Å². The Bertz CT molecular complexity index is 518. The van der Waals surface area contributed by atoms with E-state index in [1.807, 2.05) is 24.4 Å². The van der Waals surface area contributed by atoms with Crippen LogP contribution in [0.2, 0.25) is 5.02 Å². The van der Waals surface area contributed by atoms with E-state index in [9.17, 15) is 0 Å². The molecule has 0 saturated heterocycles. The molecular formula is C11H10ClIN2OS. The monoisotopic (exact) mass is 380 g/mol. The maximum absolute atomic E-state index is 6.09. The highest BCUT2D eigenvalue weighted by molar-refractivity contribution is 14.1. The Morgan fingerprint density at radius 3 is 3.00 bits per heavy atom. The maximum Gasteiger partial charge on any atom is 0.121 e. The molecule has 0 amide bonds. The topological polar surface area (TPSA) is 34.1 Å². The highest BCUT2D eigenvalue weighted by atomic mass is 127. The smallest absolute Gasteiger partial charge is 0.121 e. The normalized spacial score (nSPS) is 10.3. The van der Waals surface area contributed by atoms with Gasteiger partial charge in [-0.25, -0.2) is 4.98 Å². The molecule has 1 heterocycles. The Kier molecular flexibility index (Phi) is 4.47. The van der Waals surface area contributed by atoms with Gasteiger partial charge in [-0.2, -0.15) is 0 Å². The van der Waals surface area contributed by atoms with Crippen LogP contribution >= 0.6 is 45.5 Å². The summed E-state index contributed by atoms with van der Waals surface area (Å²) < 4.78 is 6.33. The van der Waals surface area contributed by atoms with Crippen LogP contribution in [0.25, 0.3) is 0 Å². The van der Waals surface area contributed by atoms with Crippen LogP contribution in [0.5, 0.6) is 5.75 Å². The molecular weight excluding hydrogens is 371 g/mol. The number of halogens is 2. The van der Waals surface area contributed by atoms with Crippen molar-refractivity contribution >= 4 is 51.2 Å². The lowest BCUT2D eigenvalue weighted by atomic mass is 10.3. The average Bonchev–Trinajstić information content (AvgIpc) is 2.74. The largest absolute Gasteiger partial charge is 0.497 e. The molecule has 0 saturated carbocycles. The SMILES string of the molecule is COc1ccc(Cl)c(NCc2ncc(I)s2)c1. The summed E-state index contributed by atoms with van der Waals surface area (Å²) in [6, 6.07) is 5.52. The first-order valence-corrected chi connectivity index (χ1v) is 7.14. The van der Waals surface area contributed by atoms with Gasteiger partial charge in [0.1, 0.15) is 10.8 Å². The lowest BCUT2D eigenvalue weighted by molar-refractivity contribution is 0.415. The number of ether oxygens (including phenoxy) is 1. The third kappa shape index (κ3) is 3.46. The number of rotatable bonds is 4. The van der Waals surface area contributed by atoms with Gasteiger partial charge in [0.05, 0.1) is 33.4 Å². The maximum atomic E-state index is 6.09. The van der Waals surface area contributed by atoms with Crippen molar-refractivity contribution in [2.45, 2.75) is 6.54 Å². The molecule has 0 radical (unpaired) electrons. The van der Waals surface area contributed by atoms with Gasteiger partial charge >= 0.3 is 0 Å². The molecule has 17 heavy (non-hydrogen) atoms. The summed E-state index contributed by atoms with van der Waals surface area (Å²) in [5.41, 5.74) is 0.858. The summed E-state index contributed by atoms with van der Waals surface area (Å²) in [6.45, 7) is 0.667. The zero-order chi connectivity index (χ0) is 12.3. The van der Waals surface area contributed by atoms with E-state index in [2.05, 4.69) is 32.9 Å².